The molecule has 0 aliphatic carbocycles. The Balaban J connectivity index is 1.22. The standard InChI is InChI=1S/C33H42ClN7O2/c1-33(2,39(3)4)22-36-28(42)21-43-26-13-11-24(12-14-26)31-37-29-30(27(34)19-35-32(29)38-31)40(5)25-15-17-41(18-16-25)20-23-9-7-6-8-10-23/h6-14,19,25H,15-18,20-22H2,1-5H3,(H,36,42)(H,35,37,38). The molecule has 0 radical (unpaired) electrons. The van der Waals surface area contributed by atoms with Crippen LogP contribution in [0.5, 0.6) is 5.75 Å². The van der Waals surface area contributed by atoms with Crippen molar-refractivity contribution in [1.82, 2.24) is 30.1 Å². The van der Waals surface area contributed by atoms with Crippen LogP contribution in [0.2, 0.25) is 5.02 Å². The molecule has 1 aliphatic heterocycles. The number of H-pyrrole nitrogens is 1. The number of hydrogen-bond donors (Lipinski definition) is 2. The minimum absolute atomic E-state index is 0.0449. The number of likely N-dealkylation sites (N-methyl/N-ethyl adjacent to an activating group) is 1. The van der Waals surface area contributed by atoms with E-state index in [1.165, 1.54) is 5.56 Å². The topological polar surface area (TPSA) is 89.6 Å². The number of carbonyl (C=O) groups is 1. The Hall–Kier alpha value is -3.66. The van der Waals surface area contributed by atoms with E-state index in [1.54, 1.807) is 6.20 Å². The first-order valence-electron chi connectivity index (χ1n) is 14.8. The van der Waals surface area contributed by atoms with Gasteiger partial charge in [-0.15, -0.1) is 0 Å². The molecule has 0 bridgehead atoms. The number of carbonyl (C=O) groups excluding carboxylic acids is 1. The lowest BCUT2D eigenvalue weighted by Crippen LogP contribution is -2.48. The summed E-state index contributed by atoms with van der Waals surface area (Å²) in [6.07, 6.45) is 3.79. The third kappa shape index (κ3) is 7.47. The number of hydrogen-bond acceptors (Lipinski definition) is 7. The lowest BCUT2D eigenvalue weighted by molar-refractivity contribution is -0.123. The largest absolute Gasteiger partial charge is 0.484 e. The van der Waals surface area contributed by atoms with Crippen LogP contribution in [-0.2, 0) is 11.3 Å². The van der Waals surface area contributed by atoms with Gasteiger partial charge in [0.05, 0.1) is 16.9 Å². The third-order valence-corrected chi connectivity index (χ3v) is 8.86. The van der Waals surface area contributed by atoms with E-state index in [-0.39, 0.29) is 18.1 Å². The molecule has 1 fully saturated rings. The minimum atomic E-state index is -0.155. The van der Waals surface area contributed by atoms with Gasteiger partial charge in [-0.3, -0.25) is 9.69 Å². The summed E-state index contributed by atoms with van der Waals surface area (Å²) in [6.45, 7) is 7.69. The van der Waals surface area contributed by atoms with Gasteiger partial charge in [-0.25, -0.2) is 9.97 Å². The second-order valence-corrected chi connectivity index (χ2v) is 12.5. The van der Waals surface area contributed by atoms with Gasteiger partial charge in [-0.05, 0) is 70.6 Å². The highest BCUT2D eigenvalue weighted by molar-refractivity contribution is 6.34. The highest BCUT2D eigenvalue weighted by Crippen LogP contribution is 2.35. The predicted octanol–water partition coefficient (Wildman–Crippen LogP) is 5.21. The lowest BCUT2D eigenvalue weighted by Gasteiger charge is -2.38. The van der Waals surface area contributed by atoms with Crippen molar-refractivity contribution in [1.29, 1.82) is 0 Å². The number of nitrogens with one attached hydrogen (secondary N) is 2. The van der Waals surface area contributed by atoms with Gasteiger partial charge < -0.3 is 24.8 Å². The number of rotatable bonds is 11. The number of nitrogens with zero attached hydrogens (tertiary/aromatic N) is 5. The average molecular weight is 604 g/mol. The molecule has 4 aromatic rings. The molecule has 2 N–H and O–H groups in total. The van der Waals surface area contributed by atoms with Crippen molar-refractivity contribution in [3.05, 3.63) is 71.4 Å². The number of likely N-dealkylation sites (tertiary alicyclic amines) is 1. The maximum atomic E-state index is 12.3. The van der Waals surface area contributed by atoms with E-state index in [4.69, 9.17) is 21.3 Å². The fraction of sp³-hybridized carbons (Fsp3) is 0.424. The zero-order valence-corrected chi connectivity index (χ0v) is 26.5. The number of aromatic nitrogens is 3. The molecule has 1 amide bonds. The number of pyridine rings is 1. The van der Waals surface area contributed by atoms with Crippen LogP contribution in [0.1, 0.15) is 32.3 Å². The van der Waals surface area contributed by atoms with E-state index in [9.17, 15) is 4.79 Å². The van der Waals surface area contributed by atoms with Crippen LogP contribution < -0.4 is 15.0 Å². The highest BCUT2D eigenvalue weighted by atomic mass is 35.5. The van der Waals surface area contributed by atoms with Crippen LogP contribution >= 0.6 is 11.6 Å². The summed E-state index contributed by atoms with van der Waals surface area (Å²) >= 11 is 6.74. The van der Waals surface area contributed by atoms with E-state index in [1.807, 2.05) is 38.4 Å². The monoisotopic (exact) mass is 603 g/mol. The summed E-state index contributed by atoms with van der Waals surface area (Å²) in [4.78, 5) is 31.9. The molecule has 1 saturated heterocycles. The first-order chi connectivity index (χ1) is 20.6. The van der Waals surface area contributed by atoms with Gasteiger partial charge in [0.1, 0.15) is 17.1 Å². The van der Waals surface area contributed by atoms with Gasteiger partial charge >= 0.3 is 0 Å². The molecular formula is C33H42ClN7O2. The maximum Gasteiger partial charge on any atom is 0.258 e. The van der Waals surface area contributed by atoms with E-state index in [0.29, 0.717) is 34.8 Å². The SMILES string of the molecule is CN(c1c(Cl)cnc2nc(-c3ccc(OCC(=O)NCC(C)(C)N(C)C)cc3)[nH]c12)C1CCN(Cc2ccccc2)CC1. The van der Waals surface area contributed by atoms with Crippen LogP contribution in [-0.4, -0.2) is 89.6 Å². The van der Waals surface area contributed by atoms with Crippen LogP contribution in [0.25, 0.3) is 22.6 Å². The number of ether oxygens (including phenoxy) is 1. The van der Waals surface area contributed by atoms with Crippen molar-refractivity contribution in [3.63, 3.8) is 0 Å². The van der Waals surface area contributed by atoms with E-state index in [0.717, 1.165) is 49.2 Å². The summed E-state index contributed by atoms with van der Waals surface area (Å²) in [7, 11) is 6.10. The van der Waals surface area contributed by atoms with E-state index in [2.05, 4.69) is 81.2 Å². The summed E-state index contributed by atoms with van der Waals surface area (Å²) in [5.41, 5.74) is 4.48. The van der Waals surface area contributed by atoms with Crippen LogP contribution in [0.3, 0.4) is 0 Å². The normalized spacial score (nSPS) is 14.8. The summed E-state index contributed by atoms with van der Waals surface area (Å²) < 4.78 is 5.72. The molecule has 2 aromatic carbocycles. The summed E-state index contributed by atoms with van der Waals surface area (Å²) in [6, 6.07) is 18.5. The van der Waals surface area contributed by atoms with Gasteiger partial charge in [-0.1, -0.05) is 41.9 Å². The number of imidazole rings is 1. The number of anilines is 1. The Morgan fingerprint density at radius 2 is 1.79 bits per heavy atom. The Morgan fingerprint density at radius 1 is 1.09 bits per heavy atom. The molecule has 1 aliphatic rings. The molecule has 5 rings (SSSR count). The first kappa shape index (κ1) is 30.8. The molecule has 43 heavy (non-hydrogen) atoms. The number of benzene rings is 2. The Morgan fingerprint density at radius 3 is 2.47 bits per heavy atom. The van der Waals surface area contributed by atoms with Crippen molar-refractivity contribution in [2.45, 2.75) is 44.8 Å². The van der Waals surface area contributed by atoms with Crippen molar-refractivity contribution in [2.75, 3.05) is 52.3 Å². The average Bonchev–Trinajstić information content (AvgIpc) is 3.44. The van der Waals surface area contributed by atoms with Crippen molar-refractivity contribution in [3.8, 4) is 17.1 Å². The van der Waals surface area contributed by atoms with Gasteiger partial charge in [0.25, 0.3) is 5.91 Å². The maximum absolute atomic E-state index is 12.3. The number of fused-ring (bicyclic) bond motifs is 1. The second kappa shape index (κ2) is 13.3. The molecule has 0 unspecified atom stereocenters. The van der Waals surface area contributed by atoms with Crippen LogP contribution in [0, 0.1) is 0 Å². The fourth-order valence-electron chi connectivity index (χ4n) is 5.27. The first-order valence-corrected chi connectivity index (χ1v) is 15.2. The zero-order valence-electron chi connectivity index (χ0n) is 25.7. The van der Waals surface area contributed by atoms with Crippen LogP contribution in [0.15, 0.2) is 60.8 Å². The van der Waals surface area contributed by atoms with Gasteiger partial charge in [0.15, 0.2) is 12.3 Å². The minimum Gasteiger partial charge on any atom is -0.484 e. The Bertz CT molecular complexity index is 1510. The molecule has 3 heterocycles. The Labute approximate surface area is 259 Å². The number of piperidine rings is 1. The molecule has 9 nitrogen and oxygen atoms in total. The molecule has 0 atom stereocenters. The molecular weight excluding hydrogens is 562 g/mol. The Kier molecular flexibility index (Phi) is 9.54. The van der Waals surface area contributed by atoms with Gasteiger partial charge in [-0.2, -0.15) is 0 Å². The zero-order chi connectivity index (χ0) is 30.6. The second-order valence-electron chi connectivity index (χ2n) is 12.1. The lowest BCUT2D eigenvalue weighted by atomic mass is 10.0. The van der Waals surface area contributed by atoms with Crippen molar-refractivity contribution >= 4 is 34.4 Å². The van der Waals surface area contributed by atoms with Crippen LogP contribution in [0.4, 0.5) is 5.69 Å². The molecule has 228 valence electrons. The molecule has 0 saturated carbocycles. The van der Waals surface area contributed by atoms with Gasteiger partial charge in [0.2, 0.25) is 0 Å². The predicted molar refractivity (Wildman–Crippen MR) is 174 cm³/mol. The smallest absolute Gasteiger partial charge is 0.258 e. The number of aromatic amines is 1. The fourth-order valence-corrected chi connectivity index (χ4v) is 5.55. The molecule has 0 spiro atoms. The number of halogens is 1. The van der Waals surface area contributed by atoms with E-state index >= 15 is 0 Å². The third-order valence-electron chi connectivity index (χ3n) is 8.58. The number of amides is 1. The summed E-state index contributed by atoms with van der Waals surface area (Å²) in [5, 5.41) is 3.54. The molecule has 10 heteroatoms. The van der Waals surface area contributed by atoms with Crippen molar-refractivity contribution in [2.24, 2.45) is 0 Å². The quantitative estimate of drug-likeness (QED) is 0.243. The molecule has 2 aromatic heterocycles. The van der Waals surface area contributed by atoms with E-state index < -0.39 is 0 Å². The van der Waals surface area contributed by atoms with Crippen molar-refractivity contribution < 1.29 is 9.53 Å². The van der Waals surface area contributed by atoms with Gasteiger partial charge in [0, 0.05) is 50.4 Å². The highest BCUT2D eigenvalue weighted by Gasteiger charge is 2.26. The summed E-state index contributed by atoms with van der Waals surface area (Å²) in [5.74, 6) is 1.16.